The molecule has 1 aliphatic heterocycles. The van der Waals surface area contributed by atoms with Gasteiger partial charge in [0.15, 0.2) is 0 Å². The summed E-state index contributed by atoms with van der Waals surface area (Å²) in [6, 6.07) is 7.28. The first-order valence-corrected chi connectivity index (χ1v) is 8.81. The lowest BCUT2D eigenvalue weighted by Gasteiger charge is -2.32. The summed E-state index contributed by atoms with van der Waals surface area (Å²) in [5, 5.41) is 3.75. The topological polar surface area (TPSA) is 49.4 Å². The van der Waals surface area contributed by atoms with Gasteiger partial charge >= 0.3 is 0 Å². The van der Waals surface area contributed by atoms with Gasteiger partial charge in [-0.25, -0.2) is 0 Å². The minimum atomic E-state index is -0.0851. The molecule has 1 unspecified atom stereocenters. The van der Waals surface area contributed by atoms with Gasteiger partial charge in [-0.15, -0.1) is 0 Å². The highest BCUT2D eigenvalue weighted by Gasteiger charge is 2.38. The zero-order valence-corrected chi connectivity index (χ0v) is 14.2. The van der Waals surface area contributed by atoms with Crippen molar-refractivity contribution in [1.29, 1.82) is 0 Å². The van der Waals surface area contributed by atoms with Gasteiger partial charge in [-0.2, -0.15) is 0 Å². The van der Waals surface area contributed by atoms with E-state index in [1.165, 1.54) is 0 Å². The first-order chi connectivity index (χ1) is 11.1. The van der Waals surface area contributed by atoms with E-state index in [0.29, 0.717) is 35.6 Å². The molecule has 1 aromatic rings. The van der Waals surface area contributed by atoms with Crippen LogP contribution in [0.15, 0.2) is 24.3 Å². The zero-order valence-electron chi connectivity index (χ0n) is 13.4. The fraction of sp³-hybridized carbons (Fsp3) is 0.556. The largest absolute Gasteiger partial charge is 0.353 e. The van der Waals surface area contributed by atoms with Crippen molar-refractivity contribution in [1.82, 2.24) is 10.2 Å². The molecule has 1 N–H and O–H groups in total. The van der Waals surface area contributed by atoms with Crippen LogP contribution in [0.2, 0.25) is 5.02 Å². The first kappa shape index (κ1) is 16.3. The fourth-order valence-electron chi connectivity index (χ4n) is 3.33. The van der Waals surface area contributed by atoms with Crippen LogP contribution >= 0.6 is 11.6 Å². The summed E-state index contributed by atoms with van der Waals surface area (Å²) >= 11 is 5.87. The number of piperidine rings is 1. The molecule has 0 spiro atoms. The Morgan fingerprint density at radius 3 is 2.70 bits per heavy atom. The van der Waals surface area contributed by atoms with E-state index < -0.39 is 0 Å². The van der Waals surface area contributed by atoms with Gasteiger partial charge in [0.1, 0.15) is 0 Å². The predicted molar refractivity (Wildman–Crippen MR) is 90.4 cm³/mol. The van der Waals surface area contributed by atoms with E-state index in [2.05, 4.69) is 12.2 Å². The molecule has 2 amide bonds. The van der Waals surface area contributed by atoms with Crippen LogP contribution in [-0.2, 0) is 4.79 Å². The Hall–Kier alpha value is -1.55. The standard InChI is InChI=1S/C18H23ClN2O2/c1-2-12-10-16(12)20-17(22)14-4-3-9-21(11-14)18(23)13-5-7-15(19)8-6-13/h5-8,12,14,16H,2-4,9-11H2,1H3,(H,20,22)/t12-,14?,16-/m1/s1. The molecule has 1 heterocycles. The van der Waals surface area contributed by atoms with Crippen LogP contribution in [0.1, 0.15) is 43.0 Å². The lowest BCUT2D eigenvalue weighted by atomic mass is 9.96. The fourth-order valence-corrected chi connectivity index (χ4v) is 3.45. The molecular weight excluding hydrogens is 312 g/mol. The van der Waals surface area contributed by atoms with Crippen molar-refractivity contribution in [3.8, 4) is 0 Å². The average molecular weight is 335 g/mol. The number of halogens is 1. The van der Waals surface area contributed by atoms with Crippen molar-refractivity contribution >= 4 is 23.4 Å². The van der Waals surface area contributed by atoms with Crippen LogP contribution in [0.25, 0.3) is 0 Å². The summed E-state index contributed by atoms with van der Waals surface area (Å²) in [6.45, 7) is 3.38. The lowest BCUT2D eigenvalue weighted by Crippen LogP contribution is -2.46. The van der Waals surface area contributed by atoms with Crippen LogP contribution in [-0.4, -0.2) is 35.8 Å². The van der Waals surface area contributed by atoms with Gasteiger partial charge in [-0.05, 0) is 49.4 Å². The number of benzene rings is 1. The van der Waals surface area contributed by atoms with Gasteiger partial charge in [0.25, 0.3) is 5.91 Å². The van der Waals surface area contributed by atoms with E-state index in [1.54, 1.807) is 29.2 Å². The minimum Gasteiger partial charge on any atom is -0.353 e. The van der Waals surface area contributed by atoms with Crippen molar-refractivity contribution in [3.63, 3.8) is 0 Å². The Bertz CT molecular complexity index is 587. The first-order valence-electron chi connectivity index (χ1n) is 8.43. The van der Waals surface area contributed by atoms with Gasteiger partial charge in [-0.1, -0.05) is 24.9 Å². The molecule has 1 aromatic carbocycles. The average Bonchev–Trinajstić information content (AvgIpc) is 3.33. The number of hydrogen-bond donors (Lipinski definition) is 1. The van der Waals surface area contributed by atoms with Crippen molar-refractivity contribution in [2.75, 3.05) is 13.1 Å². The highest BCUT2D eigenvalue weighted by Crippen LogP contribution is 2.33. The second kappa shape index (κ2) is 6.91. The molecule has 5 heteroatoms. The Kier molecular flexibility index (Phi) is 4.90. The molecular formula is C18H23ClN2O2. The van der Waals surface area contributed by atoms with Crippen molar-refractivity contribution in [3.05, 3.63) is 34.9 Å². The van der Waals surface area contributed by atoms with Crippen molar-refractivity contribution in [2.24, 2.45) is 11.8 Å². The molecule has 1 saturated carbocycles. The number of nitrogens with zero attached hydrogens (tertiary/aromatic N) is 1. The van der Waals surface area contributed by atoms with Crippen molar-refractivity contribution in [2.45, 2.75) is 38.6 Å². The second-order valence-corrected chi connectivity index (χ2v) is 7.05. The maximum absolute atomic E-state index is 12.6. The van der Waals surface area contributed by atoms with Crippen molar-refractivity contribution < 1.29 is 9.59 Å². The summed E-state index contributed by atoms with van der Waals surface area (Å²) in [5.74, 6) is 0.657. The molecule has 3 rings (SSSR count). The van der Waals surface area contributed by atoms with Gasteiger partial charge in [0.05, 0.1) is 5.92 Å². The van der Waals surface area contributed by atoms with Crippen LogP contribution in [0, 0.1) is 11.8 Å². The van der Waals surface area contributed by atoms with Crippen LogP contribution in [0.4, 0.5) is 0 Å². The van der Waals surface area contributed by atoms with Gasteiger partial charge < -0.3 is 10.2 Å². The smallest absolute Gasteiger partial charge is 0.253 e. The predicted octanol–water partition coefficient (Wildman–Crippen LogP) is 3.11. The van der Waals surface area contributed by atoms with E-state index in [9.17, 15) is 9.59 Å². The van der Waals surface area contributed by atoms with Gasteiger partial charge in [0, 0.05) is 29.7 Å². The quantitative estimate of drug-likeness (QED) is 0.919. The van der Waals surface area contributed by atoms with Crippen LogP contribution in [0.3, 0.4) is 0 Å². The maximum atomic E-state index is 12.6. The third-order valence-corrected chi connectivity index (χ3v) is 5.20. The van der Waals surface area contributed by atoms with E-state index in [0.717, 1.165) is 25.7 Å². The number of carbonyl (C=O) groups excluding carboxylic acids is 2. The number of likely N-dealkylation sites (tertiary alicyclic amines) is 1. The van der Waals surface area contributed by atoms with E-state index in [1.807, 2.05) is 0 Å². The number of hydrogen-bond acceptors (Lipinski definition) is 2. The van der Waals surface area contributed by atoms with E-state index in [4.69, 9.17) is 11.6 Å². The summed E-state index contributed by atoms with van der Waals surface area (Å²) in [4.78, 5) is 26.7. The SMILES string of the molecule is CC[C@@H]1C[C@H]1NC(=O)C1CCCN(C(=O)c2ccc(Cl)cc2)C1. The second-order valence-electron chi connectivity index (χ2n) is 6.62. The van der Waals surface area contributed by atoms with E-state index in [-0.39, 0.29) is 17.7 Å². The third-order valence-electron chi connectivity index (χ3n) is 4.95. The summed E-state index contributed by atoms with van der Waals surface area (Å²) in [6.07, 6.45) is 3.96. The summed E-state index contributed by atoms with van der Waals surface area (Å²) in [7, 11) is 0. The highest BCUT2D eigenvalue weighted by atomic mass is 35.5. The van der Waals surface area contributed by atoms with E-state index >= 15 is 0 Å². The number of rotatable bonds is 4. The molecule has 0 radical (unpaired) electrons. The number of nitrogens with one attached hydrogen (secondary N) is 1. The molecule has 3 atom stereocenters. The highest BCUT2D eigenvalue weighted by molar-refractivity contribution is 6.30. The molecule has 4 nitrogen and oxygen atoms in total. The van der Waals surface area contributed by atoms with Gasteiger partial charge in [0.2, 0.25) is 5.91 Å². The molecule has 23 heavy (non-hydrogen) atoms. The molecule has 2 aliphatic rings. The minimum absolute atomic E-state index is 0.0166. The summed E-state index contributed by atoms with van der Waals surface area (Å²) in [5.41, 5.74) is 0.628. The summed E-state index contributed by atoms with van der Waals surface area (Å²) < 4.78 is 0. The molecule has 124 valence electrons. The Morgan fingerprint density at radius 1 is 1.30 bits per heavy atom. The lowest BCUT2D eigenvalue weighted by molar-refractivity contribution is -0.126. The van der Waals surface area contributed by atoms with Gasteiger partial charge in [-0.3, -0.25) is 9.59 Å². The Labute approximate surface area is 142 Å². The molecule has 1 aliphatic carbocycles. The van der Waals surface area contributed by atoms with Crippen LogP contribution in [0.5, 0.6) is 0 Å². The number of carbonyl (C=O) groups is 2. The third kappa shape index (κ3) is 3.86. The normalized spacial score (nSPS) is 26.7. The molecule has 0 bridgehead atoms. The molecule has 1 saturated heterocycles. The maximum Gasteiger partial charge on any atom is 0.253 e. The molecule has 2 fully saturated rings. The Morgan fingerprint density at radius 2 is 2.04 bits per heavy atom. The Balaban J connectivity index is 1.58. The van der Waals surface area contributed by atoms with Crippen LogP contribution < -0.4 is 5.32 Å². The number of amides is 2. The zero-order chi connectivity index (χ0) is 16.4. The monoisotopic (exact) mass is 334 g/mol. The molecule has 0 aromatic heterocycles.